The molecule has 0 N–H and O–H groups in total. The van der Waals surface area contributed by atoms with Crippen molar-refractivity contribution in [2.75, 3.05) is 0 Å². The van der Waals surface area contributed by atoms with Gasteiger partial charge in [-0.15, -0.1) is 0 Å². The number of rotatable bonds is 2. The van der Waals surface area contributed by atoms with Crippen LogP contribution in [0.1, 0.15) is 10.4 Å². The Morgan fingerprint density at radius 1 is 1.43 bits per heavy atom. The number of benzene rings is 1. The van der Waals surface area contributed by atoms with E-state index in [4.69, 9.17) is 0 Å². The average molecular weight is 287 g/mol. The lowest BCUT2D eigenvalue weighted by atomic mass is 10.1. The number of halogens is 5. The summed E-state index contributed by atoms with van der Waals surface area (Å²) in [6.45, 7) is 0. The lowest BCUT2D eigenvalue weighted by molar-refractivity contribution is 0.0536. The van der Waals surface area contributed by atoms with Crippen LogP contribution >= 0.6 is 27.5 Å². The van der Waals surface area contributed by atoms with Crippen LogP contribution in [0.4, 0.5) is 13.2 Å². The largest absolute Gasteiger partial charge is 0.384 e. The summed E-state index contributed by atoms with van der Waals surface area (Å²) >= 11 is 7.32. The Hall–Kier alpha value is -0.550. The molecule has 0 heterocycles. The van der Waals surface area contributed by atoms with Gasteiger partial charge in [0.15, 0.2) is 0 Å². The van der Waals surface area contributed by atoms with E-state index < -0.39 is 22.5 Å². The molecule has 76 valence electrons. The van der Waals surface area contributed by atoms with Crippen molar-refractivity contribution in [3.05, 3.63) is 34.1 Å². The Bertz CT molecular complexity index is 375. The zero-order chi connectivity index (χ0) is 10.9. The van der Waals surface area contributed by atoms with Crippen molar-refractivity contribution in [2.45, 2.75) is 5.38 Å². The lowest BCUT2D eigenvalue weighted by Gasteiger charge is -2.06. The first-order chi connectivity index (χ1) is 6.32. The van der Waals surface area contributed by atoms with Crippen LogP contribution < -0.4 is 0 Å². The second-order valence-electron chi connectivity index (χ2n) is 2.46. The molecule has 1 aromatic rings. The van der Waals surface area contributed by atoms with Crippen molar-refractivity contribution in [3.63, 3.8) is 0 Å². The van der Waals surface area contributed by atoms with Crippen LogP contribution in [-0.2, 0) is 0 Å². The highest BCUT2D eigenvalue weighted by atomic mass is 79.9. The molecular weight excluding hydrogens is 284 g/mol. The Kier molecular flexibility index (Phi) is 3.21. The van der Waals surface area contributed by atoms with Crippen molar-refractivity contribution in [1.29, 1.82) is 0 Å². The molecule has 0 saturated heterocycles. The summed E-state index contributed by atoms with van der Waals surface area (Å²) in [5.74, 6) is -2.41. The minimum absolute atomic E-state index is 0.0898. The van der Waals surface area contributed by atoms with Gasteiger partial charge in [0.25, 0.3) is 0 Å². The molecule has 0 aliphatic carbocycles. The minimum atomic E-state index is -4.00. The van der Waals surface area contributed by atoms with Crippen LogP contribution in [0.15, 0.2) is 22.7 Å². The van der Waals surface area contributed by atoms with E-state index in [1.165, 1.54) is 0 Å². The number of ketones is 1. The van der Waals surface area contributed by atoms with Gasteiger partial charge in [-0.05, 0) is 45.7 Å². The van der Waals surface area contributed by atoms with Gasteiger partial charge in [0.1, 0.15) is 5.82 Å². The highest BCUT2D eigenvalue weighted by Crippen LogP contribution is 2.26. The van der Waals surface area contributed by atoms with Crippen LogP contribution in [0.3, 0.4) is 0 Å². The third-order valence-corrected chi connectivity index (χ3v) is 2.25. The summed E-state index contributed by atoms with van der Waals surface area (Å²) < 4.78 is 37.6. The van der Waals surface area contributed by atoms with Gasteiger partial charge < -0.3 is 0 Å². The number of carbonyl (C=O) groups is 1. The molecule has 1 nitrogen and oxygen atoms in total. The van der Waals surface area contributed by atoms with Crippen LogP contribution in [0, 0.1) is 5.82 Å². The van der Waals surface area contributed by atoms with Gasteiger partial charge in [0, 0.05) is 5.56 Å². The third-order valence-electron chi connectivity index (χ3n) is 1.44. The van der Waals surface area contributed by atoms with Gasteiger partial charge >= 0.3 is 5.38 Å². The first kappa shape index (κ1) is 11.5. The second-order valence-corrected chi connectivity index (χ2v) is 3.78. The smallest absolute Gasteiger partial charge is 0.286 e. The molecule has 0 aromatic heterocycles. The molecular formula is C8H3BrClF3O. The number of carbonyl (C=O) groups excluding carboxylic acids is 1. The maximum absolute atomic E-state index is 12.8. The molecule has 0 spiro atoms. The molecule has 1 aromatic carbocycles. The van der Waals surface area contributed by atoms with Gasteiger partial charge in [0.2, 0.25) is 5.78 Å². The Morgan fingerprint density at radius 3 is 2.43 bits per heavy atom. The van der Waals surface area contributed by atoms with Gasteiger partial charge in [-0.2, -0.15) is 8.78 Å². The van der Waals surface area contributed by atoms with Crippen molar-refractivity contribution >= 4 is 33.3 Å². The molecule has 0 bridgehead atoms. The predicted molar refractivity (Wildman–Crippen MR) is 49.2 cm³/mol. The fraction of sp³-hybridized carbons (Fsp3) is 0.125. The molecule has 6 heteroatoms. The highest BCUT2D eigenvalue weighted by molar-refractivity contribution is 9.10. The molecule has 0 amide bonds. The summed E-state index contributed by atoms with van der Waals surface area (Å²) in [6.07, 6.45) is 0. The first-order valence-electron chi connectivity index (χ1n) is 3.39. The summed E-state index contributed by atoms with van der Waals surface area (Å²) in [7, 11) is 0. The number of hydrogen-bond donors (Lipinski definition) is 0. The van der Waals surface area contributed by atoms with Gasteiger partial charge in [-0.3, -0.25) is 4.79 Å². The topological polar surface area (TPSA) is 17.1 Å². The summed E-state index contributed by atoms with van der Waals surface area (Å²) in [6, 6.07) is 2.92. The molecule has 0 saturated carbocycles. The maximum atomic E-state index is 12.8. The van der Waals surface area contributed by atoms with Crippen LogP contribution in [0.25, 0.3) is 0 Å². The van der Waals surface area contributed by atoms with E-state index in [0.29, 0.717) is 6.07 Å². The Balaban J connectivity index is 3.10. The molecule has 1 rings (SSSR count). The minimum Gasteiger partial charge on any atom is -0.286 e. The normalized spacial score (nSPS) is 11.5. The highest BCUT2D eigenvalue weighted by Gasteiger charge is 2.36. The van der Waals surface area contributed by atoms with Crippen molar-refractivity contribution in [3.8, 4) is 0 Å². The predicted octanol–water partition coefficient (Wildman–Crippen LogP) is 3.60. The third kappa shape index (κ3) is 2.48. The zero-order valence-electron chi connectivity index (χ0n) is 6.53. The van der Waals surface area contributed by atoms with Crippen molar-refractivity contribution < 1.29 is 18.0 Å². The average Bonchev–Trinajstić information content (AvgIpc) is 2.07. The molecule has 0 unspecified atom stereocenters. The fourth-order valence-corrected chi connectivity index (χ4v) is 1.16. The number of Topliss-reactive ketones (excluding diaryl/α,β-unsaturated/α-hetero) is 1. The van der Waals surface area contributed by atoms with E-state index in [0.717, 1.165) is 12.1 Å². The van der Waals surface area contributed by atoms with Crippen LogP contribution in [0.5, 0.6) is 0 Å². The number of alkyl halides is 3. The molecule has 0 radical (unpaired) electrons. The molecule has 14 heavy (non-hydrogen) atoms. The summed E-state index contributed by atoms with van der Waals surface area (Å²) in [5, 5.41) is -4.00. The van der Waals surface area contributed by atoms with Crippen molar-refractivity contribution in [1.82, 2.24) is 0 Å². The van der Waals surface area contributed by atoms with E-state index in [-0.39, 0.29) is 4.47 Å². The van der Waals surface area contributed by atoms with E-state index in [1.54, 1.807) is 0 Å². The van der Waals surface area contributed by atoms with E-state index in [2.05, 4.69) is 27.5 Å². The Labute approximate surface area is 91.0 Å². The molecule has 0 fully saturated rings. The van der Waals surface area contributed by atoms with Gasteiger partial charge in [0.05, 0.1) is 4.47 Å². The maximum Gasteiger partial charge on any atom is 0.384 e. The quantitative estimate of drug-likeness (QED) is 0.600. The van der Waals surface area contributed by atoms with Gasteiger partial charge in [-0.25, -0.2) is 4.39 Å². The van der Waals surface area contributed by atoms with Crippen LogP contribution in [-0.4, -0.2) is 11.2 Å². The molecule has 0 atom stereocenters. The fourth-order valence-electron chi connectivity index (χ4n) is 0.801. The standard InChI is InChI=1S/C8H3BrClF3O/c9-5-2-1-4(3-6(5)11)7(14)8(10,12)13/h1-3H. The summed E-state index contributed by atoms with van der Waals surface area (Å²) in [5.41, 5.74) is -0.467. The van der Waals surface area contributed by atoms with Crippen molar-refractivity contribution in [2.24, 2.45) is 0 Å². The van der Waals surface area contributed by atoms with E-state index >= 15 is 0 Å². The molecule has 0 aliphatic rings. The Morgan fingerprint density at radius 2 is 2.00 bits per heavy atom. The van der Waals surface area contributed by atoms with Gasteiger partial charge in [-0.1, -0.05) is 0 Å². The van der Waals surface area contributed by atoms with Crippen LogP contribution in [0.2, 0.25) is 0 Å². The molecule has 0 aliphatic heterocycles. The lowest BCUT2D eigenvalue weighted by Crippen LogP contribution is -2.21. The first-order valence-corrected chi connectivity index (χ1v) is 4.56. The van der Waals surface area contributed by atoms with E-state index in [9.17, 15) is 18.0 Å². The summed E-state index contributed by atoms with van der Waals surface area (Å²) in [4.78, 5) is 10.9. The zero-order valence-corrected chi connectivity index (χ0v) is 8.87. The number of hydrogen-bond acceptors (Lipinski definition) is 1. The monoisotopic (exact) mass is 286 g/mol. The SMILES string of the molecule is O=C(c1ccc(Br)c(F)c1)C(F)(F)Cl. The second kappa shape index (κ2) is 3.90. The van der Waals surface area contributed by atoms with E-state index in [1.807, 2.05) is 0 Å².